The molecule has 10 heteroatoms. The van der Waals surface area contributed by atoms with Gasteiger partial charge in [-0.2, -0.15) is 0 Å². The normalized spacial score (nSPS) is 12.7. The Hall–Kier alpha value is -2.72. The number of aromatic nitrogens is 4. The molecule has 4 rings (SSSR count). The maximum atomic E-state index is 12.4. The van der Waals surface area contributed by atoms with Crippen molar-refractivity contribution in [2.75, 3.05) is 5.08 Å². The minimum absolute atomic E-state index is 0.218. The summed E-state index contributed by atoms with van der Waals surface area (Å²) in [5.41, 5.74) is 2.67. The molecule has 0 saturated carbocycles. The van der Waals surface area contributed by atoms with Crippen LogP contribution < -0.4 is 0 Å². The third kappa shape index (κ3) is 4.01. The number of H-pyrrole nitrogens is 2. The molecule has 8 nitrogen and oxygen atoms in total. The van der Waals surface area contributed by atoms with Crippen molar-refractivity contribution in [3.63, 3.8) is 0 Å². The minimum Gasteiger partial charge on any atom is -0.341 e. The van der Waals surface area contributed by atoms with E-state index in [0.717, 1.165) is 0 Å². The second-order valence-corrected chi connectivity index (χ2v) is 10.8. The smallest absolute Gasteiger partial charge is 0.171 e. The zero-order chi connectivity index (χ0) is 19.1. The molecule has 4 aromatic rings. The van der Waals surface area contributed by atoms with Crippen LogP contribution in [0.15, 0.2) is 48.5 Å². The molecule has 2 heterocycles. The molecule has 0 saturated heterocycles. The topological polar surface area (TPSA) is 126 Å². The summed E-state index contributed by atoms with van der Waals surface area (Å²) in [6.07, 6.45) is 0. The van der Waals surface area contributed by atoms with Crippen molar-refractivity contribution in [2.24, 2.45) is 0 Å². The Morgan fingerprint density at radius 3 is 1.48 bits per heavy atom. The van der Waals surface area contributed by atoms with Crippen molar-refractivity contribution in [1.29, 1.82) is 0 Å². The van der Waals surface area contributed by atoms with Gasteiger partial charge in [-0.3, -0.25) is 0 Å². The summed E-state index contributed by atoms with van der Waals surface area (Å²) in [4.78, 5) is 14.2. The van der Waals surface area contributed by atoms with Gasteiger partial charge in [0, 0.05) is 0 Å². The Morgan fingerprint density at radius 1 is 0.667 bits per heavy atom. The van der Waals surface area contributed by atoms with Crippen LogP contribution >= 0.6 is 0 Å². The molecule has 2 N–H and O–H groups in total. The molecular formula is C17H16N4O4S2. The average Bonchev–Trinajstić information content (AvgIpc) is 3.14. The number of nitrogens with one attached hydrogen (secondary N) is 2. The molecule has 0 bridgehead atoms. The van der Waals surface area contributed by atoms with E-state index >= 15 is 0 Å². The Bertz CT molecular complexity index is 1170. The van der Waals surface area contributed by atoms with E-state index in [-0.39, 0.29) is 11.6 Å². The fraction of sp³-hybridized carbons (Fsp3) is 0.176. The van der Waals surface area contributed by atoms with Gasteiger partial charge in [-0.15, -0.1) is 0 Å². The predicted octanol–water partition coefficient (Wildman–Crippen LogP) is 1.93. The lowest BCUT2D eigenvalue weighted by Gasteiger charge is -2.03. The van der Waals surface area contributed by atoms with Crippen molar-refractivity contribution in [2.45, 2.75) is 11.5 Å². The molecule has 0 aliphatic carbocycles. The van der Waals surface area contributed by atoms with E-state index in [9.17, 15) is 16.8 Å². The highest BCUT2D eigenvalue weighted by molar-refractivity contribution is 8.07. The molecule has 140 valence electrons. The molecule has 0 amide bonds. The van der Waals surface area contributed by atoms with Crippen LogP contribution in [0.5, 0.6) is 0 Å². The van der Waals surface area contributed by atoms with Crippen molar-refractivity contribution >= 4 is 41.7 Å². The monoisotopic (exact) mass is 404 g/mol. The standard InChI is InChI=1S/C17H16N4O4S2/c22-26(23,9-16-18-12-5-1-2-6-13(12)19-16)11-27(24,25)10-17-20-14-7-3-4-8-15(14)21-17/h1-8H,9-11H2,(H,18,19)(H,20,21). The number of hydrogen-bond acceptors (Lipinski definition) is 6. The predicted molar refractivity (Wildman–Crippen MR) is 102 cm³/mol. The summed E-state index contributed by atoms with van der Waals surface area (Å²) < 4.78 is 49.5. The quantitative estimate of drug-likeness (QED) is 0.506. The first kappa shape index (κ1) is 17.7. The van der Waals surface area contributed by atoms with E-state index < -0.39 is 36.3 Å². The average molecular weight is 404 g/mol. The number of nitrogens with zero attached hydrogens (tertiary/aromatic N) is 2. The van der Waals surface area contributed by atoms with Crippen LogP contribution in [0.2, 0.25) is 0 Å². The van der Waals surface area contributed by atoms with Gasteiger partial charge in [-0.05, 0) is 24.3 Å². The zero-order valence-corrected chi connectivity index (χ0v) is 15.7. The Balaban J connectivity index is 1.51. The summed E-state index contributed by atoms with van der Waals surface area (Å²) >= 11 is 0. The second kappa shape index (κ2) is 6.46. The third-order valence-corrected chi connectivity index (χ3v) is 8.25. The lowest BCUT2D eigenvalue weighted by molar-refractivity contribution is 0.587. The van der Waals surface area contributed by atoms with E-state index in [4.69, 9.17) is 0 Å². The van der Waals surface area contributed by atoms with E-state index in [2.05, 4.69) is 19.9 Å². The highest BCUT2D eigenvalue weighted by Crippen LogP contribution is 2.16. The highest BCUT2D eigenvalue weighted by Gasteiger charge is 2.25. The molecule has 0 aliphatic rings. The largest absolute Gasteiger partial charge is 0.341 e. The van der Waals surface area contributed by atoms with Gasteiger partial charge in [-0.25, -0.2) is 26.8 Å². The SMILES string of the molecule is O=S(=O)(Cc1nc2ccccc2[nH]1)CS(=O)(=O)Cc1nc2ccccc2[nH]1. The number of para-hydroxylation sites is 4. The number of fused-ring (bicyclic) bond motifs is 2. The second-order valence-electron chi connectivity index (χ2n) is 6.29. The Morgan fingerprint density at radius 2 is 1.07 bits per heavy atom. The molecule has 0 radical (unpaired) electrons. The molecule has 2 aromatic carbocycles. The van der Waals surface area contributed by atoms with Gasteiger partial charge in [0.15, 0.2) is 24.8 Å². The molecule has 2 aromatic heterocycles. The van der Waals surface area contributed by atoms with Crippen molar-refractivity contribution < 1.29 is 16.8 Å². The summed E-state index contributed by atoms with van der Waals surface area (Å²) in [6, 6.07) is 14.2. The van der Waals surface area contributed by atoms with Gasteiger partial charge < -0.3 is 9.97 Å². The van der Waals surface area contributed by atoms with Crippen molar-refractivity contribution in [3.05, 3.63) is 60.2 Å². The van der Waals surface area contributed by atoms with Crippen LogP contribution in [0.25, 0.3) is 22.1 Å². The minimum atomic E-state index is -3.91. The van der Waals surface area contributed by atoms with Gasteiger partial charge in [0.05, 0.1) is 22.1 Å². The first-order valence-corrected chi connectivity index (χ1v) is 11.7. The molecule has 0 unspecified atom stereocenters. The number of imidazole rings is 2. The number of aromatic amines is 2. The maximum absolute atomic E-state index is 12.4. The van der Waals surface area contributed by atoms with Crippen LogP contribution in [0, 0.1) is 0 Å². The zero-order valence-electron chi connectivity index (χ0n) is 14.1. The fourth-order valence-corrected chi connectivity index (χ4v) is 6.88. The van der Waals surface area contributed by atoms with Crippen molar-refractivity contribution in [1.82, 2.24) is 19.9 Å². The van der Waals surface area contributed by atoms with E-state index in [0.29, 0.717) is 22.1 Å². The van der Waals surface area contributed by atoms with Crippen LogP contribution in [-0.4, -0.2) is 41.9 Å². The molecule has 0 atom stereocenters. The molecular weight excluding hydrogens is 388 g/mol. The van der Waals surface area contributed by atoms with Gasteiger partial charge >= 0.3 is 0 Å². The first-order chi connectivity index (χ1) is 12.8. The number of rotatable bonds is 6. The lowest BCUT2D eigenvalue weighted by atomic mass is 10.3. The fourth-order valence-electron chi connectivity index (χ4n) is 2.92. The summed E-state index contributed by atoms with van der Waals surface area (Å²) in [5, 5.41) is -0.964. The summed E-state index contributed by atoms with van der Waals surface area (Å²) in [6.45, 7) is 0. The molecule has 0 fully saturated rings. The third-order valence-electron chi connectivity index (χ3n) is 3.95. The van der Waals surface area contributed by atoms with E-state index in [1.54, 1.807) is 48.5 Å². The van der Waals surface area contributed by atoms with Crippen LogP contribution in [0.1, 0.15) is 11.6 Å². The van der Waals surface area contributed by atoms with Gasteiger partial charge in [0.1, 0.15) is 23.2 Å². The highest BCUT2D eigenvalue weighted by atomic mass is 32.3. The van der Waals surface area contributed by atoms with Gasteiger partial charge in [-0.1, -0.05) is 24.3 Å². The molecule has 0 aliphatic heterocycles. The van der Waals surface area contributed by atoms with Gasteiger partial charge in [0.25, 0.3) is 0 Å². The van der Waals surface area contributed by atoms with Crippen LogP contribution in [0.4, 0.5) is 0 Å². The number of sulfone groups is 2. The summed E-state index contributed by atoms with van der Waals surface area (Å²) in [5.74, 6) is -0.507. The molecule has 0 spiro atoms. The van der Waals surface area contributed by atoms with Gasteiger partial charge in [0.2, 0.25) is 0 Å². The Kier molecular flexibility index (Phi) is 4.23. The Labute approximate surface area is 155 Å². The maximum Gasteiger partial charge on any atom is 0.171 e. The number of benzene rings is 2. The van der Waals surface area contributed by atoms with Crippen molar-refractivity contribution in [3.8, 4) is 0 Å². The van der Waals surface area contributed by atoms with E-state index in [1.165, 1.54) is 0 Å². The first-order valence-electron chi connectivity index (χ1n) is 8.08. The lowest BCUT2D eigenvalue weighted by Crippen LogP contribution is -2.20. The number of hydrogen-bond donors (Lipinski definition) is 2. The molecule has 27 heavy (non-hydrogen) atoms. The van der Waals surface area contributed by atoms with Crippen LogP contribution in [-0.2, 0) is 31.2 Å². The summed E-state index contributed by atoms with van der Waals surface area (Å²) in [7, 11) is -7.83. The van der Waals surface area contributed by atoms with Crippen LogP contribution in [0.3, 0.4) is 0 Å². The van der Waals surface area contributed by atoms with E-state index in [1.807, 2.05) is 0 Å².